The van der Waals surface area contributed by atoms with Gasteiger partial charge in [-0.25, -0.2) is 4.79 Å². The van der Waals surface area contributed by atoms with Crippen molar-refractivity contribution in [2.24, 2.45) is 5.92 Å². The average molecular weight is 290 g/mol. The van der Waals surface area contributed by atoms with Crippen molar-refractivity contribution in [2.45, 2.75) is 32.9 Å². The first-order valence-electron chi connectivity index (χ1n) is 6.55. The number of aliphatic carboxylic acids is 1. The molecule has 1 amide bonds. The van der Waals surface area contributed by atoms with E-state index in [1.54, 1.807) is 38.1 Å². The minimum Gasteiger partial charge on any atom is -0.480 e. The number of carbonyl (C=O) groups is 2. The maximum absolute atomic E-state index is 12.0. The third-order valence-corrected chi connectivity index (χ3v) is 2.91. The Labute approximate surface area is 123 Å². The number of para-hydroxylation sites is 1. The molecule has 0 saturated carbocycles. The Kier molecular flexibility index (Phi) is 5.73. The molecule has 0 aliphatic heterocycles. The number of nitrogens with one attached hydrogen (secondary N) is 1. The summed E-state index contributed by atoms with van der Waals surface area (Å²) in [5.74, 6) is -1.59. The molecule has 0 bridgehead atoms. The van der Waals surface area contributed by atoms with Gasteiger partial charge in [-0.2, -0.15) is 5.26 Å². The van der Waals surface area contributed by atoms with Crippen molar-refractivity contribution in [3.05, 3.63) is 29.8 Å². The fraction of sp³-hybridized carbons (Fsp3) is 0.400. The van der Waals surface area contributed by atoms with Crippen LogP contribution in [-0.4, -0.2) is 29.1 Å². The molecule has 0 saturated heterocycles. The Morgan fingerprint density at radius 3 is 2.43 bits per heavy atom. The van der Waals surface area contributed by atoms with Crippen molar-refractivity contribution in [1.82, 2.24) is 5.32 Å². The van der Waals surface area contributed by atoms with E-state index in [4.69, 9.17) is 15.1 Å². The molecule has 6 nitrogen and oxygen atoms in total. The van der Waals surface area contributed by atoms with Gasteiger partial charge in [-0.3, -0.25) is 4.79 Å². The molecule has 0 heterocycles. The van der Waals surface area contributed by atoms with Crippen LogP contribution in [0.3, 0.4) is 0 Å². The van der Waals surface area contributed by atoms with Gasteiger partial charge in [0.05, 0.1) is 5.56 Å². The Bertz CT molecular complexity index is 563. The fourth-order valence-electron chi connectivity index (χ4n) is 1.69. The van der Waals surface area contributed by atoms with Crippen molar-refractivity contribution in [3.8, 4) is 11.8 Å². The summed E-state index contributed by atoms with van der Waals surface area (Å²) in [7, 11) is 0. The van der Waals surface area contributed by atoms with E-state index in [2.05, 4.69) is 5.32 Å². The lowest BCUT2D eigenvalue weighted by molar-refractivity contribution is -0.144. The second kappa shape index (κ2) is 7.29. The van der Waals surface area contributed by atoms with Crippen LogP contribution in [0, 0.1) is 17.2 Å². The van der Waals surface area contributed by atoms with E-state index in [1.165, 1.54) is 6.92 Å². The first-order chi connectivity index (χ1) is 9.86. The van der Waals surface area contributed by atoms with Gasteiger partial charge in [-0.1, -0.05) is 26.0 Å². The fourth-order valence-corrected chi connectivity index (χ4v) is 1.69. The van der Waals surface area contributed by atoms with E-state index >= 15 is 0 Å². The SMILES string of the molecule is CC(Oc1ccccc1C#N)C(=O)N[C@H](C(=O)O)C(C)C. The summed E-state index contributed by atoms with van der Waals surface area (Å²) in [6.45, 7) is 4.91. The van der Waals surface area contributed by atoms with E-state index in [1.807, 2.05) is 6.07 Å². The van der Waals surface area contributed by atoms with Gasteiger partial charge in [0.25, 0.3) is 5.91 Å². The van der Waals surface area contributed by atoms with Crippen molar-refractivity contribution in [1.29, 1.82) is 5.26 Å². The van der Waals surface area contributed by atoms with Crippen LogP contribution in [0.5, 0.6) is 5.75 Å². The molecule has 1 unspecified atom stereocenters. The van der Waals surface area contributed by atoms with Crippen LogP contribution in [-0.2, 0) is 9.59 Å². The van der Waals surface area contributed by atoms with E-state index in [0.717, 1.165) is 0 Å². The molecule has 2 N–H and O–H groups in total. The zero-order valence-corrected chi connectivity index (χ0v) is 12.2. The third kappa shape index (κ3) is 4.49. The van der Waals surface area contributed by atoms with Gasteiger partial charge in [-0.05, 0) is 25.0 Å². The predicted molar refractivity (Wildman–Crippen MR) is 75.7 cm³/mol. The van der Waals surface area contributed by atoms with Crippen LogP contribution in [0.4, 0.5) is 0 Å². The second-order valence-electron chi connectivity index (χ2n) is 4.94. The smallest absolute Gasteiger partial charge is 0.326 e. The van der Waals surface area contributed by atoms with Gasteiger partial charge in [0.1, 0.15) is 17.9 Å². The number of hydrogen-bond acceptors (Lipinski definition) is 4. The number of carboxylic acids is 1. The third-order valence-electron chi connectivity index (χ3n) is 2.91. The van der Waals surface area contributed by atoms with E-state index in [-0.39, 0.29) is 5.92 Å². The van der Waals surface area contributed by atoms with Crippen LogP contribution in [0.2, 0.25) is 0 Å². The number of nitrogens with zero attached hydrogens (tertiary/aromatic N) is 1. The van der Waals surface area contributed by atoms with Gasteiger partial charge < -0.3 is 15.2 Å². The lowest BCUT2D eigenvalue weighted by atomic mass is 10.0. The highest BCUT2D eigenvalue weighted by Gasteiger charge is 2.26. The number of carbonyl (C=O) groups excluding carboxylic acids is 1. The highest BCUT2D eigenvalue weighted by Crippen LogP contribution is 2.18. The number of rotatable bonds is 6. The molecule has 1 aromatic rings. The minimum atomic E-state index is -1.09. The van der Waals surface area contributed by atoms with Crippen LogP contribution in [0.25, 0.3) is 0 Å². The van der Waals surface area contributed by atoms with E-state index < -0.39 is 24.0 Å². The van der Waals surface area contributed by atoms with Crippen molar-refractivity contribution in [2.75, 3.05) is 0 Å². The zero-order chi connectivity index (χ0) is 16.0. The summed E-state index contributed by atoms with van der Waals surface area (Å²) < 4.78 is 5.43. The van der Waals surface area contributed by atoms with E-state index in [0.29, 0.717) is 11.3 Å². The molecule has 0 spiro atoms. The first kappa shape index (κ1) is 16.5. The van der Waals surface area contributed by atoms with Gasteiger partial charge in [0.2, 0.25) is 0 Å². The van der Waals surface area contributed by atoms with Crippen LogP contribution >= 0.6 is 0 Å². The molecular formula is C15H18N2O4. The van der Waals surface area contributed by atoms with Gasteiger partial charge in [-0.15, -0.1) is 0 Å². The molecule has 0 aromatic heterocycles. The molecule has 1 rings (SSSR count). The molecule has 1 aromatic carbocycles. The van der Waals surface area contributed by atoms with Crippen LogP contribution in [0.15, 0.2) is 24.3 Å². The Hall–Kier alpha value is -2.55. The quantitative estimate of drug-likeness (QED) is 0.828. The molecule has 21 heavy (non-hydrogen) atoms. The minimum absolute atomic E-state index is 0.245. The molecule has 0 aliphatic carbocycles. The first-order valence-corrected chi connectivity index (χ1v) is 6.55. The largest absolute Gasteiger partial charge is 0.480 e. The van der Waals surface area contributed by atoms with E-state index in [9.17, 15) is 9.59 Å². The Morgan fingerprint density at radius 1 is 1.29 bits per heavy atom. The number of nitriles is 1. The average Bonchev–Trinajstić information content (AvgIpc) is 2.44. The number of carboxylic acid groups (broad SMARTS) is 1. The van der Waals surface area contributed by atoms with Gasteiger partial charge in [0.15, 0.2) is 6.10 Å². The van der Waals surface area contributed by atoms with Crippen molar-refractivity contribution < 1.29 is 19.4 Å². The summed E-state index contributed by atoms with van der Waals surface area (Å²) in [6, 6.07) is 7.53. The lowest BCUT2D eigenvalue weighted by Gasteiger charge is -2.21. The summed E-state index contributed by atoms with van der Waals surface area (Å²) in [5, 5.41) is 20.4. The maximum atomic E-state index is 12.0. The van der Waals surface area contributed by atoms with Gasteiger partial charge in [0, 0.05) is 0 Å². The normalized spacial score (nSPS) is 13.1. The monoisotopic (exact) mass is 290 g/mol. The summed E-state index contributed by atoms with van der Waals surface area (Å²) in [4.78, 5) is 23.0. The standard InChI is InChI=1S/C15H18N2O4/c1-9(2)13(15(19)20)17-14(18)10(3)21-12-7-5-4-6-11(12)8-16/h4-7,9-10,13H,1-3H3,(H,17,18)(H,19,20)/t10?,13-/m0/s1. The summed E-state index contributed by atoms with van der Waals surface area (Å²) >= 11 is 0. The Balaban J connectivity index is 2.75. The molecule has 0 radical (unpaired) electrons. The molecule has 112 valence electrons. The molecule has 0 aliphatic rings. The van der Waals surface area contributed by atoms with Crippen molar-refractivity contribution in [3.63, 3.8) is 0 Å². The number of amides is 1. The molecule has 2 atom stereocenters. The highest BCUT2D eigenvalue weighted by atomic mass is 16.5. The summed E-state index contributed by atoms with van der Waals surface area (Å²) in [6.07, 6.45) is -0.903. The topological polar surface area (TPSA) is 99.4 Å². The molecule has 0 fully saturated rings. The molecule has 6 heteroatoms. The lowest BCUT2D eigenvalue weighted by Crippen LogP contribution is -2.48. The van der Waals surface area contributed by atoms with Crippen molar-refractivity contribution >= 4 is 11.9 Å². The highest BCUT2D eigenvalue weighted by molar-refractivity contribution is 5.86. The zero-order valence-electron chi connectivity index (χ0n) is 12.2. The second-order valence-corrected chi connectivity index (χ2v) is 4.94. The number of hydrogen-bond donors (Lipinski definition) is 2. The Morgan fingerprint density at radius 2 is 1.90 bits per heavy atom. The number of ether oxygens (including phenoxy) is 1. The summed E-state index contributed by atoms with van der Waals surface area (Å²) in [5.41, 5.74) is 0.316. The predicted octanol–water partition coefficient (Wildman–Crippen LogP) is 1.55. The van der Waals surface area contributed by atoms with Crippen LogP contribution < -0.4 is 10.1 Å². The maximum Gasteiger partial charge on any atom is 0.326 e. The van der Waals surface area contributed by atoms with Crippen LogP contribution in [0.1, 0.15) is 26.3 Å². The van der Waals surface area contributed by atoms with Gasteiger partial charge >= 0.3 is 5.97 Å². The number of benzene rings is 1. The molecular weight excluding hydrogens is 272 g/mol.